The number of aliphatic hydroxyl groups excluding tert-OH is 1. The summed E-state index contributed by atoms with van der Waals surface area (Å²) in [5, 5.41) is 15.8. The molecule has 2 aliphatic rings. The van der Waals surface area contributed by atoms with Crippen molar-refractivity contribution in [3.05, 3.63) is 18.2 Å². The number of carbonyl (C=O) groups excluding carboxylic acids is 2. The first kappa shape index (κ1) is 21.3. The standard InChI is InChI=1S/C18H25N3O5.ClH/c1-25-14-4-13(5-15(6-14)26-2)21-10-11(3-17(21)23)18(24)20-8-12-7-19-9-16(12)22;/h4-6,11-12,16,19,22H,3,7-10H2,1-2H3,(H,20,24);1H. The topological polar surface area (TPSA) is 100 Å². The number of anilines is 1. The smallest absolute Gasteiger partial charge is 0.227 e. The van der Waals surface area contributed by atoms with E-state index < -0.39 is 12.0 Å². The second-order valence-corrected chi connectivity index (χ2v) is 6.71. The van der Waals surface area contributed by atoms with Gasteiger partial charge in [-0.3, -0.25) is 9.59 Å². The summed E-state index contributed by atoms with van der Waals surface area (Å²) in [6.45, 7) is 1.95. The summed E-state index contributed by atoms with van der Waals surface area (Å²) in [4.78, 5) is 26.4. The molecule has 2 fully saturated rings. The first-order valence-corrected chi connectivity index (χ1v) is 8.71. The van der Waals surface area contributed by atoms with E-state index in [1.54, 1.807) is 37.3 Å². The van der Waals surface area contributed by atoms with Crippen molar-refractivity contribution in [1.82, 2.24) is 10.6 Å². The van der Waals surface area contributed by atoms with Gasteiger partial charge in [0.05, 0.1) is 31.9 Å². The van der Waals surface area contributed by atoms with Crippen molar-refractivity contribution in [1.29, 1.82) is 0 Å². The minimum absolute atomic E-state index is 0. The Morgan fingerprint density at radius 2 is 1.93 bits per heavy atom. The number of hydrogen-bond donors (Lipinski definition) is 3. The normalized spacial score (nSPS) is 24.5. The third-order valence-electron chi connectivity index (χ3n) is 4.99. The minimum Gasteiger partial charge on any atom is -0.497 e. The Bertz CT molecular complexity index is 665. The van der Waals surface area contributed by atoms with Gasteiger partial charge in [0, 0.05) is 56.7 Å². The number of nitrogens with one attached hydrogen (secondary N) is 2. The van der Waals surface area contributed by atoms with Gasteiger partial charge in [0.2, 0.25) is 11.8 Å². The molecule has 1 aromatic carbocycles. The number of benzene rings is 1. The van der Waals surface area contributed by atoms with Gasteiger partial charge >= 0.3 is 0 Å². The predicted molar refractivity (Wildman–Crippen MR) is 103 cm³/mol. The van der Waals surface area contributed by atoms with Gasteiger partial charge < -0.3 is 30.1 Å². The summed E-state index contributed by atoms with van der Waals surface area (Å²) in [6, 6.07) is 5.23. The third-order valence-corrected chi connectivity index (χ3v) is 4.99. The predicted octanol–water partition coefficient (Wildman–Crippen LogP) is 0.175. The fourth-order valence-corrected chi connectivity index (χ4v) is 3.38. The van der Waals surface area contributed by atoms with Crippen LogP contribution in [0.1, 0.15) is 6.42 Å². The van der Waals surface area contributed by atoms with E-state index in [1.807, 2.05) is 0 Å². The van der Waals surface area contributed by atoms with Crippen LogP contribution in [0, 0.1) is 11.8 Å². The van der Waals surface area contributed by atoms with E-state index in [4.69, 9.17) is 9.47 Å². The molecule has 27 heavy (non-hydrogen) atoms. The Hall–Kier alpha value is -2.03. The Balaban J connectivity index is 0.00000261. The van der Waals surface area contributed by atoms with Crippen LogP contribution in [0.2, 0.25) is 0 Å². The first-order valence-electron chi connectivity index (χ1n) is 8.71. The van der Waals surface area contributed by atoms with Gasteiger partial charge in [0.15, 0.2) is 0 Å². The molecule has 3 rings (SSSR count). The molecule has 2 heterocycles. The molecule has 3 N–H and O–H groups in total. The van der Waals surface area contributed by atoms with E-state index in [-0.39, 0.29) is 36.6 Å². The van der Waals surface area contributed by atoms with Crippen LogP contribution in [0.4, 0.5) is 5.69 Å². The number of rotatable bonds is 6. The zero-order valence-electron chi connectivity index (χ0n) is 15.4. The summed E-state index contributed by atoms with van der Waals surface area (Å²) in [5.74, 6) is 0.504. The van der Waals surface area contributed by atoms with E-state index in [0.717, 1.165) is 0 Å². The molecule has 0 saturated carbocycles. The lowest BCUT2D eigenvalue weighted by Gasteiger charge is -2.19. The van der Waals surface area contributed by atoms with E-state index in [2.05, 4.69) is 10.6 Å². The van der Waals surface area contributed by atoms with Crippen LogP contribution in [-0.4, -0.2) is 63.4 Å². The van der Waals surface area contributed by atoms with Crippen molar-refractivity contribution in [3.8, 4) is 11.5 Å². The van der Waals surface area contributed by atoms with Crippen LogP contribution in [0.25, 0.3) is 0 Å². The molecular weight excluding hydrogens is 374 g/mol. The van der Waals surface area contributed by atoms with E-state index in [1.165, 1.54) is 0 Å². The Morgan fingerprint density at radius 1 is 1.26 bits per heavy atom. The molecular formula is C18H26ClN3O5. The summed E-state index contributed by atoms with van der Waals surface area (Å²) < 4.78 is 10.5. The maximum Gasteiger partial charge on any atom is 0.227 e. The largest absolute Gasteiger partial charge is 0.497 e. The molecule has 9 heteroatoms. The number of amides is 2. The molecule has 1 aromatic rings. The van der Waals surface area contributed by atoms with Crippen molar-refractivity contribution < 1.29 is 24.2 Å². The zero-order valence-corrected chi connectivity index (χ0v) is 16.3. The fourth-order valence-electron chi connectivity index (χ4n) is 3.38. The molecule has 2 saturated heterocycles. The summed E-state index contributed by atoms with van der Waals surface area (Å²) in [6.07, 6.45) is -0.280. The van der Waals surface area contributed by atoms with Crippen molar-refractivity contribution in [2.75, 3.05) is 45.3 Å². The van der Waals surface area contributed by atoms with Gasteiger partial charge in [-0.2, -0.15) is 0 Å². The highest BCUT2D eigenvalue weighted by molar-refractivity contribution is 6.00. The Labute approximate surface area is 164 Å². The summed E-state index contributed by atoms with van der Waals surface area (Å²) >= 11 is 0. The molecule has 0 radical (unpaired) electrons. The van der Waals surface area contributed by atoms with Crippen LogP contribution in [-0.2, 0) is 9.59 Å². The van der Waals surface area contributed by atoms with E-state index in [0.29, 0.717) is 43.4 Å². The Morgan fingerprint density at radius 3 is 2.48 bits per heavy atom. The number of aliphatic hydroxyl groups is 1. The molecule has 8 nitrogen and oxygen atoms in total. The summed E-state index contributed by atoms with van der Waals surface area (Å²) in [7, 11) is 3.10. The Kier molecular flexibility index (Phi) is 7.29. The lowest BCUT2D eigenvalue weighted by Crippen LogP contribution is -2.38. The second-order valence-electron chi connectivity index (χ2n) is 6.71. The van der Waals surface area contributed by atoms with Gasteiger partial charge in [0.1, 0.15) is 11.5 Å². The van der Waals surface area contributed by atoms with Crippen molar-refractivity contribution in [2.24, 2.45) is 11.8 Å². The SMILES string of the molecule is COc1cc(OC)cc(N2CC(C(=O)NCC3CNCC3O)CC2=O)c1.Cl. The number of ether oxygens (including phenoxy) is 2. The minimum atomic E-state index is -0.443. The zero-order chi connectivity index (χ0) is 18.7. The van der Waals surface area contributed by atoms with Crippen molar-refractivity contribution >= 4 is 29.9 Å². The van der Waals surface area contributed by atoms with Crippen LogP contribution in [0.15, 0.2) is 18.2 Å². The third kappa shape index (κ3) is 4.82. The molecule has 2 amide bonds. The highest BCUT2D eigenvalue weighted by Gasteiger charge is 2.36. The van der Waals surface area contributed by atoms with Gasteiger partial charge in [-0.1, -0.05) is 0 Å². The maximum atomic E-state index is 12.4. The van der Waals surface area contributed by atoms with Crippen LogP contribution >= 0.6 is 12.4 Å². The lowest BCUT2D eigenvalue weighted by atomic mass is 10.0. The molecule has 0 aliphatic carbocycles. The molecule has 0 spiro atoms. The molecule has 0 bridgehead atoms. The highest BCUT2D eigenvalue weighted by atomic mass is 35.5. The number of hydrogen-bond acceptors (Lipinski definition) is 6. The number of halogens is 1. The van der Waals surface area contributed by atoms with Crippen molar-refractivity contribution in [2.45, 2.75) is 12.5 Å². The number of β-amino-alcohol motifs (C(OH)–C–C–N with tert-alkyl or cyclic N) is 1. The molecule has 2 aliphatic heterocycles. The second kappa shape index (κ2) is 9.25. The molecule has 3 atom stereocenters. The number of nitrogens with zero attached hydrogens (tertiary/aromatic N) is 1. The molecule has 150 valence electrons. The molecule has 0 aromatic heterocycles. The van der Waals surface area contributed by atoms with E-state index in [9.17, 15) is 14.7 Å². The average Bonchev–Trinajstić information content (AvgIpc) is 3.24. The van der Waals surface area contributed by atoms with Gasteiger partial charge in [-0.15, -0.1) is 12.4 Å². The van der Waals surface area contributed by atoms with Crippen LogP contribution in [0.5, 0.6) is 11.5 Å². The quantitative estimate of drug-likeness (QED) is 0.630. The van der Waals surface area contributed by atoms with Gasteiger partial charge in [0.25, 0.3) is 0 Å². The highest BCUT2D eigenvalue weighted by Crippen LogP contribution is 2.32. The summed E-state index contributed by atoms with van der Waals surface area (Å²) in [5.41, 5.74) is 0.650. The van der Waals surface area contributed by atoms with Crippen LogP contribution in [0.3, 0.4) is 0 Å². The van der Waals surface area contributed by atoms with Gasteiger partial charge in [-0.25, -0.2) is 0 Å². The fraction of sp³-hybridized carbons (Fsp3) is 0.556. The van der Waals surface area contributed by atoms with Crippen molar-refractivity contribution in [3.63, 3.8) is 0 Å². The maximum absolute atomic E-state index is 12.4. The first-order chi connectivity index (χ1) is 12.5. The van der Waals surface area contributed by atoms with Gasteiger partial charge in [-0.05, 0) is 0 Å². The lowest BCUT2D eigenvalue weighted by molar-refractivity contribution is -0.126. The average molecular weight is 400 g/mol. The van der Waals surface area contributed by atoms with Crippen LogP contribution < -0.4 is 25.0 Å². The van der Waals surface area contributed by atoms with E-state index >= 15 is 0 Å². The monoisotopic (exact) mass is 399 g/mol. The number of methoxy groups -OCH3 is 2. The molecule has 3 unspecified atom stereocenters. The number of carbonyl (C=O) groups is 2.